The molecule has 9 heteroatoms. The van der Waals surface area contributed by atoms with Crippen molar-refractivity contribution in [3.8, 4) is 5.69 Å². The molecule has 0 fully saturated rings. The minimum absolute atomic E-state index is 0.135. The number of benzene rings is 1. The Bertz CT molecular complexity index is 785. The predicted octanol–water partition coefficient (Wildman–Crippen LogP) is 2.08. The van der Waals surface area contributed by atoms with Gasteiger partial charge in [0, 0.05) is 18.2 Å². The Hall–Kier alpha value is -2.68. The van der Waals surface area contributed by atoms with Crippen molar-refractivity contribution in [1.29, 1.82) is 0 Å². The van der Waals surface area contributed by atoms with Gasteiger partial charge in [-0.25, -0.2) is 0 Å². The second kappa shape index (κ2) is 7.05. The number of tetrazole rings is 1. The summed E-state index contributed by atoms with van der Waals surface area (Å²) >= 11 is 1.41. The van der Waals surface area contributed by atoms with E-state index < -0.39 is 0 Å². The molecule has 0 atom stereocenters. The molecule has 118 valence electrons. The number of aryl methyl sites for hydroxylation is 1. The Morgan fingerprint density at radius 1 is 1.35 bits per heavy atom. The van der Waals surface area contributed by atoms with Crippen LogP contribution >= 0.6 is 11.8 Å². The van der Waals surface area contributed by atoms with Gasteiger partial charge < -0.3 is 9.84 Å². The van der Waals surface area contributed by atoms with Crippen LogP contribution < -0.4 is 5.32 Å². The fraction of sp³-hybridized carbons (Fsp3) is 0.214. The third-order valence-electron chi connectivity index (χ3n) is 2.90. The van der Waals surface area contributed by atoms with E-state index in [1.165, 1.54) is 11.8 Å². The highest BCUT2D eigenvalue weighted by Gasteiger charge is 2.11. The van der Waals surface area contributed by atoms with E-state index in [4.69, 9.17) is 4.52 Å². The molecule has 0 aliphatic heterocycles. The second-order valence-corrected chi connectivity index (χ2v) is 5.74. The molecule has 0 unspecified atom stereocenters. The Morgan fingerprint density at radius 2 is 2.17 bits per heavy atom. The number of anilines is 1. The van der Waals surface area contributed by atoms with Crippen LogP contribution in [0.15, 0.2) is 46.1 Å². The smallest absolute Gasteiger partial charge is 0.226 e. The summed E-state index contributed by atoms with van der Waals surface area (Å²) in [6.07, 6.45) is 0.318. The molecular formula is C14H14N6O2S. The Labute approximate surface area is 136 Å². The van der Waals surface area contributed by atoms with Crippen molar-refractivity contribution in [2.24, 2.45) is 0 Å². The van der Waals surface area contributed by atoms with Crippen LogP contribution in [0.2, 0.25) is 0 Å². The van der Waals surface area contributed by atoms with Crippen LogP contribution in [-0.4, -0.2) is 37.0 Å². The molecule has 2 aromatic heterocycles. The summed E-state index contributed by atoms with van der Waals surface area (Å²) < 4.78 is 6.54. The molecule has 0 radical (unpaired) electrons. The maximum Gasteiger partial charge on any atom is 0.226 e. The lowest BCUT2D eigenvalue weighted by Gasteiger charge is -2.04. The molecule has 2 heterocycles. The summed E-state index contributed by atoms with van der Waals surface area (Å²) in [5.74, 6) is 1.49. The lowest BCUT2D eigenvalue weighted by Crippen LogP contribution is -2.12. The molecule has 1 N–H and O–H groups in total. The first-order chi connectivity index (χ1) is 11.2. The third-order valence-corrected chi connectivity index (χ3v) is 3.82. The molecule has 1 aromatic carbocycles. The standard InChI is InChI=1S/C14H14N6O2S/c1-10-9-12(17-22-10)15-13(21)7-8-23-14-16-18-19-20(14)11-5-3-2-4-6-11/h2-6,9H,7-8H2,1H3,(H,15,17,21). The highest BCUT2D eigenvalue weighted by molar-refractivity contribution is 7.99. The lowest BCUT2D eigenvalue weighted by atomic mass is 10.3. The summed E-state index contributed by atoms with van der Waals surface area (Å²) in [6, 6.07) is 11.3. The van der Waals surface area contributed by atoms with Crippen molar-refractivity contribution in [3.05, 3.63) is 42.2 Å². The van der Waals surface area contributed by atoms with Crippen LogP contribution in [0.1, 0.15) is 12.2 Å². The first kappa shape index (κ1) is 15.2. The van der Waals surface area contributed by atoms with Crippen molar-refractivity contribution >= 4 is 23.5 Å². The van der Waals surface area contributed by atoms with Crippen LogP contribution in [0, 0.1) is 6.92 Å². The molecule has 0 aliphatic carbocycles. The van der Waals surface area contributed by atoms with E-state index in [1.54, 1.807) is 17.7 Å². The number of hydrogen-bond acceptors (Lipinski definition) is 7. The first-order valence-electron chi connectivity index (χ1n) is 6.92. The number of amides is 1. The summed E-state index contributed by atoms with van der Waals surface area (Å²) in [7, 11) is 0. The van der Waals surface area contributed by atoms with Gasteiger partial charge in [0.25, 0.3) is 0 Å². The molecule has 0 saturated carbocycles. The highest BCUT2D eigenvalue weighted by atomic mass is 32.2. The van der Waals surface area contributed by atoms with Gasteiger partial charge in [0.1, 0.15) is 5.76 Å². The number of aromatic nitrogens is 5. The Balaban J connectivity index is 1.53. The van der Waals surface area contributed by atoms with Crippen molar-refractivity contribution in [1.82, 2.24) is 25.4 Å². The fourth-order valence-electron chi connectivity index (χ4n) is 1.87. The van der Waals surface area contributed by atoms with Gasteiger partial charge in [-0.1, -0.05) is 35.1 Å². The van der Waals surface area contributed by atoms with Crippen molar-refractivity contribution in [3.63, 3.8) is 0 Å². The molecule has 3 aromatic rings. The molecular weight excluding hydrogens is 316 g/mol. The SMILES string of the molecule is Cc1cc(NC(=O)CCSc2nnnn2-c2ccccc2)no1. The fourth-order valence-corrected chi connectivity index (χ4v) is 2.69. The van der Waals surface area contributed by atoms with Gasteiger partial charge in [-0.3, -0.25) is 4.79 Å². The summed E-state index contributed by atoms with van der Waals surface area (Å²) in [4.78, 5) is 11.8. The quantitative estimate of drug-likeness (QED) is 0.691. The summed E-state index contributed by atoms with van der Waals surface area (Å²) in [5, 5.41) is 18.7. The maximum atomic E-state index is 11.8. The Kier molecular flexibility index (Phi) is 4.67. The molecule has 23 heavy (non-hydrogen) atoms. The second-order valence-electron chi connectivity index (χ2n) is 4.68. The molecule has 0 aliphatic rings. The van der Waals surface area contributed by atoms with Gasteiger partial charge in [-0.2, -0.15) is 4.68 Å². The zero-order valence-electron chi connectivity index (χ0n) is 12.3. The number of carbonyl (C=O) groups is 1. The molecule has 1 amide bonds. The van der Waals surface area contributed by atoms with Gasteiger partial charge in [0.15, 0.2) is 5.82 Å². The van der Waals surface area contributed by atoms with Crippen LogP contribution in [0.25, 0.3) is 5.69 Å². The lowest BCUT2D eigenvalue weighted by molar-refractivity contribution is -0.115. The van der Waals surface area contributed by atoms with E-state index in [1.807, 2.05) is 30.3 Å². The predicted molar refractivity (Wildman–Crippen MR) is 84.4 cm³/mol. The minimum atomic E-state index is -0.135. The zero-order valence-corrected chi connectivity index (χ0v) is 13.2. The van der Waals surface area contributed by atoms with Crippen molar-refractivity contribution < 1.29 is 9.32 Å². The van der Waals surface area contributed by atoms with Gasteiger partial charge >= 0.3 is 0 Å². The Morgan fingerprint density at radius 3 is 2.91 bits per heavy atom. The molecule has 0 bridgehead atoms. The average Bonchev–Trinajstić information content (AvgIpc) is 3.17. The first-order valence-corrected chi connectivity index (χ1v) is 7.91. The maximum absolute atomic E-state index is 11.8. The van der Waals surface area contributed by atoms with E-state index in [0.717, 1.165) is 5.69 Å². The molecule has 8 nitrogen and oxygen atoms in total. The van der Waals surface area contributed by atoms with E-state index in [9.17, 15) is 4.79 Å². The third kappa shape index (κ3) is 3.95. The summed E-state index contributed by atoms with van der Waals surface area (Å²) in [5.41, 5.74) is 0.877. The van der Waals surface area contributed by atoms with Gasteiger partial charge in [-0.05, 0) is 29.5 Å². The van der Waals surface area contributed by atoms with Crippen LogP contribution in [0.3, 0.4) is 0 Å². The topological polar surface area (TPSA) is 98.7 Å². The summed E-state index contributed by atoms with van der Waals surface area (Å²) in [6.45, 7) is 1.77. The number of rotatable bonds is 6. The van der Waals surface area contributed by atoms with Crippen LogP contribution in [0.4, 0.5) is 5.82 Å². The number of para-hydroxylation sites is 1. The van der Waals surface area contributed by atoms with Crippen molar-refractivity contribution in [2.75, 3.05) is 11.1 Å². The number of thioether (sulfide) groups is 1. The van der Waals surface area contributed by atoms with Gasteiger partial charge in [0.2, 0.25) is 11.1 Å². The molecule has 0 saturated heterocycles. The average molecular weight is 330 g/mol. The van der Waals surface area contributed by atoms with Gasteiger partial charge in [0.05, 0.1) is 5.69 Å². The van der Waals surface area contributed by atoms with Crippen molar-refractivity contribution in [2.45, 2.75) is 18.5 Å². The number of nitrogens with one attached hydrogen (secondary N) is 1. The van der Waals surface area contributed by atoms with Gasteiger partial charge in [-0.15, -0.1) is 5.10 Å². The van der Waals surface area contributed by atoms with Crippen LogP contribution in [0.5, 0.6) is 0 Å². The van der Waals surface area contributed by atoms with E-state index in [2.05, 4.69) is 26.0 Å². The van der Waals surface area contributed by atoms with E-state index in [-0.39, 0.29) is 5.91 Å². The van der Waals surface area contributed by atoms with E-state index in [0.29, 0.717) is 28.9 Å². The monoisotopic (exact) mass is 330 g/mol. The highest BCUT2D eigenvalue weighted by Crippen LogP contribution is 2.19. The van der Waals surface area contributed by atoms with Crippen LogP contribution in [-0.2, 0) is 4.79 Å². The molecule has 0 spiro atoms. The number of hydrogen-bond donors (Lipinski definition) is 1. The zero-order chi connectivity index (χ0) is 16.1. The molecule has 3 rings (SSSR count). The largest absolute Gasteiger partial charge is 0.360 e. The normalized spacial score (nSPS) is 10.7. The number of nitrogens with zero attached hydrogens (tertiary/aromatic N) is 5. The number of carbonyl (C=O) groups excluding carboxylic acids is 1. The van der Waals surface area contributed by atoms with E-state index >= 15 is 0 Å². The minimum Gasteiger partial charge on any atom is -0.360 e.